The lowest BCUT2D eigenvalue weighted by Gasteiger charge is -2.09. The first-order chi connectivity index (χ1) is 11.6. The fraction of sp³-hybridized carbons (Fsp3) is 0.0588. The number of guanidine groups is 1. The number of nitrogens with two attached hydrogens (primary N) is 1. The predicted octanol–water partition coefficient (Wildman–Crippen LogP) is 3.07. The van der Waals surface area contributed by atoms with E-state index in [4.69, 9.17) is 5.73 Å². The first-order valence-corrected chi connectivity index (χ1v) is 7.28. The maximum atomic E-state index is 11.3. The van der Waals surface area contributed by atoms with E-state index >= 15 is 0 Å². The van der Waals surface area contributed by atoms with Crippen LogP contribution in [0.3, 0.4) is 0 Å². The van der Waals surface area contributed by atoms with Crippen molar-refractivity contribution in [3.8, 4) is 0 Å². The van der Waals surface area contributed by atoms with Crippen molar-refractivity contribution in [2.75, 3.05) is 5.32 Å². The van der Waals surface area contributed by atoms with Gasteiger partial charge in [0.05, 0.1) is 17.0 Å². The lowest BCUT2D eigenvalue weighted by molar-refractivity contribution is -0.384. The van der Waals surface area contributed by atoms with Crippen molar-refractivity contribution in [2.24, 2.45) is 10.7 Å². The van der Waals surface area contributed by atoms with Gasteiger partial charge in [0, 0.05) is 5.39 Å². The van der Waals surface area contributed by atoms with Gasteiger partial charge in [0.1, 0.15) is 11.9 Å². The third-order valence-corrected chi connectivity index (χ3v) is 3.48. The number of pyridine rings is 1. The van der Waals surface area contributed by atoms with Crippen LogP contribution in [-0.2, 0) is 6.54 Å². The van der Waals surface area contributed by atoms with E-state index < -0.39 is 4.92 Å². The van der Waals surface area contributed by atoms with Gasteiger partial charge in [-0.2, -0.15) is 0 Å². The fourth-order valence-electron chi connectivity index (χ4n) is 2.33. The molecule has 1 aromatic heterocycles. The van der Waals surface area contributed by atoms with Gasteiger partial charge in [0.25, 0.3) is 0 Å². The number of nitrogens with one attached hydrogen (secondary N) is 1. The first-order valence-electron chi connectivity index (χ1n) is 7.28. The van der Waals surface area contributed by atoms with Crippen molar-refractivity contribution in [1.82, 2.24) is 4.98 Å². The van der Waals surface area contributed by atoms with Gasteiger partial charge in [0.2, 0.25) is 0 Å². The van der Waals surface area contributed by atoms with Crippen LogP contribution < -0.4 is 11.1 Å². The molecular formula is C17H15N5O2. The summed E-state index contributed by atoms with van der Waals surface area (Å²) in [6.45, 7) is 0.385. The fourth-order valence-corrected chi connectivity index (χ4v) is 2.33. The Morgan fingerprint density at radius 1 is 1.17 bits per heavy atom. The minimum absolute atomic E-state index is 0.110. The van der Waals surface area contributed by atoms with Crippen LogP contribution in [0.5, 0.6) is 0 Å². The summed E-state index contributed by atoms with van der Waals surface area (Å²) in [4.78, 5) is 19.1. The molecule has 120 valence electrons. The Morgan fingerprint density at radius 3 is 2.62 bits per heavy atom. The smallest absolute Gasteiger partial charge is 0.311 e. The molecule has 3 rings (SSSR count). The summed E-state index contributed by atoms with van der Waals surface area (Å²) in [5.74, 6) is 0.110. The zero-order valence-corrected chi connectivity index (χ0v) is 12.7. The van der Waals surface area contributed by atoms with Crippen molar-refractivity contribution >= 4 is 28.2 Å². The summed E-state index contributed by atoms with van der Waals surface area (Å²) in [5.41, 5.74) is 7.69. The predicted molar refractivity (Wildman–Crippen MR) is 93.8 cm³/mol. The van der Waals surface area contributed by atoms with Crippen molar-refractivity contribution in [1.29, 1.82) is 0 Å². The lowest BCUT2D eigenvalue weighted by atomic mass is 10.1. The summed E-state index contributed by atoms with van der Waals surface area (Å²) < 4.78 is 0. The zero-order valence-electron chi connectivity index (χ0n) is 12.7. The quantitative estimate of drug-likeness (QED) is 0.332. The van der Waals surface area contributed by atoms with Crippen molar-refractivity contribution < 1.29 is 4.92 Å². The number of nitro groups is 1. The van der Waals surface area contributed by atoms with E-state index in [-0.39, 0.29) is 11.6 Å². The minimum Gasteiger partial charge on any atom is -0.370 e. The Labute approximate surface area is 138 Å². The number of aliphatic imine (C=N–C) groups is 1. The van der Waals surface area contributed by atoms with E-state index in [1.54, 1.807) is 18.2 Å². The van der Waals surface area contributed by atoms with Crippen LogP contribution in [0, 0.1) is 10.1 Å². The van der Waals surface area contributed by atoms with E-state index in [0.717, 1.165) is 5.56 Å². The molecule has 1 heterocycles. The Balaban J connectivity index is 1.93. The molecule has 0 amide bonds. The average Bonchev–Trinajstić information content (AvgIpc) is 2.61. The lowest BCUT2D eigenvalue weighted by Crippen LogP contribution is -2.23. The second-order valence-corrected chi connectivity index (χ2v) is 5.10. The van der Waals surface area contributed by atoms with Gasteiger partial charge in [-0.05, 0) is 11.6 Å². The molecule has 0 saturated carbocycles. The highest BCUT2D eigenvalue weighted by atomic mass is 16.6. The Hall–Kier alpha value is -3.48. The molecule has 0 aliphatic heterocycles. The number of fused-ring (bicyclic) bond motifs is 1. The molecule has 7 nitrogen and oxygen atoms in total. The molecule has 0 unspecified atom stereocenters. The summed E-state index contributed by atoms with van der Waals surface area (Å²) in [7, 11) is 0. The minimum atomic E-state index is -0.494. The summed E-state index contributed by atoms with van der Waals surface area (Å²) in [6, 6.07) is 16.7. The normalized spacial score (nSPS) is 11.4. The van der Waals surface area contributed by atoms with E-state index in [2.05, 4.69) is 15.3 Å². The number of benzene rings is 2. The highest BCUT2D eigenvalue weighted by Crippen LogP contribution is 2.31. The largest absolute Gasteiger partial charge is 0.370 e. The highest BCUT2D eigenvalue weighted by Gasteiger charge is 2.18. The number of anilines is 1. The molecule has 0 fully saturated rings. The molecule has 0 bridgehead atoms. The Morgan fingerprint density at radius 2 is 1.88 bits per heavy atom. The maximum Gasteiger partial charge on any atom is 0.311 e. The van der Waals surface area contributed by atoms with Crippen LogP contribution in [-0.4, -0.2) is 15.9 Å². The summed E-state index contributed by atoms with van der Waals surface area (Å²) in [6.07, 6.45) is 1.22. The van der Waals surface area contributed by atoms with E-state index in [9.17, 15) is 10.1 Å². The molecule has 0 aliphatic rings. The summed E-state index contributed by atoms with van der Waals surface area (Å²) >= 11 is 0. The standard InChI is InChI=1S/C17H15N5O2/c18-17(20-10-12-6-2-1-3-7-12)21-16-13-8-4-5-9-14(13)19-11-15(16)22(23)24/h1-9,11H,10H2,(H3,18,19,20,21). The SMILES string of the molecule is NC(=NCc1ccccc1)Nc1c([N+](=O)[O-])cnc2ccccc12. The number of rotatable bonds is 4. The number of hydrogen-bond acceptors (Lipinski definition) is 4. The number of hydrogen-bond donors (Lipinski definition) is 2. The molecule has 0 saturated heterocycles. The van der Waals surface area contributed by atoms with E-state index in [1.165, 1.54) is 6.20 Å². The summed E-state index contributed by atoms with van der Waals surface area (Å²) in [5, 5.41) is 14.7. The molecule has 2 aromatic carbocycles. The van der Waals surface area contributed by atoms with Gasteiger partial charge in [-0.3, -0.25) is 10.1 Å². The van der Waals surface area contributed by atoms with Crippen molar-refractivity contribution in [3.63, 3.8) is 0 Å². The second kappa shape index (κ2) is 6.74. The van der Waals surface area contributed by atoms with E-state index in [0.29, 0.717) is 23.1 Å². The molecule has 24 heavy (non-hydrogen) atoms. The van der Waals surface area contributed by atoms with Gasteiger partial charge in [-0.15, -0.1) is 0 Å². The molecule has 3 aromatic rings. The van der Waals surface area contributed by atoms with Gasteiger partial charge < -0.3 is 11.1 Å². The molecule has 7 heteroatoms. The molecular weight excluding hydrogens is 306 g/mol. The number of aromatic nitrogens is 1. The molecule has 0 atom stereocenters. The van der Waals surface area contributed by atoms with Gasteiger partial charge in [-0.25, -0.2) is 9.98 Å². The van der Waals surface area contributed by atoms with Crippen molar-refractivity contribution in [2.45, 2.75) is 6.54 Å². The average molecular weight is 321 g/mol. The van der Waals surface area contributed by atoms with Crippen LogP contribution in [0.2, 0.25) is 0 Å². The van der Waals surface area contributed by atoms with Crippen LogP contribution >= 0.6 is 0 Å². The van der Waals surface area contributed by atoms with Crippen LogP contribution in [0.15, 0.2) is 65.8 Å². The molecule has 0 spiro atoms. The van der Waals surface area contributed by atoms with Gasteiger partial charge in [-0.1, -0.05) is 48.5 Å². The van der Waals surface area contributed by atoms with E-state index in [1.807, 2.05) is 36.4 Å². The third kappa shape index (κ3) is 3.30. The third-order valence-electron chi connectivity index (χ3n) is 3.48. The zero-order chi connectivity index (χ0) is 16.9. The molecule has 3 N–H and O–H groups in total. The van der Waals surface area contributed by atoms with Gasteiger partial charge in [0.15, 0.2) is 5.96 Å². The number of para-hydroxylation sites is 1. The van der Waals surface area contributed by atoms with Crippen LogP contribution in [0.1, 0.15) is 5.56 Å². The maximum absolute atomic E-state index is 11.3. The Bertz CT molecular complexity index is 909. The molecule has 0 aliphatic carbocycles. The second-order valence-electron chi connectivity index (χ2n) is 5.10. The monoisotopic (exact) mass is 321 g/mol. The van der Waals surface area contributed by atoms with Crippen molar-refractivity contribution in [3.05, 3.63) is 76.5 Å². The molecule has 0 radical (unpaired) electrons. The Kier molecular flexibility index (Phi) is 4.33. The van der Waals surface area contributed by atoms with Crippen LogP contribution in [0.4, 0.5) is 11.4 Å². The first kappa shape index (κ1) is 15.4. The van der Waals surface area contributed by atoms with Crippen LogP contribution in [0.25, 0.3) is 10.9 Å². The topological polar surface area (TPSA) is 106 Å². The number of nitrogens with zero attached hydrogens (tertiary/aromatic N) is 3. The highest BCUT2D eigenvalue weighted by molar-refractivity contribution is 6.04. The van der Waals surface area contributed by atoms with Gasteiger partial charge >= 0.3 is 5.69 Å².